The fourth-order valence-electron chi connectivity index (χ4n) is 3.91. The molecule has 25 heavy (non-hydrogen) atoms. The number of ether oxygens (including phenoxy) is 1. The van der Waals surface area contributed by atoms with Crippen molar-refractivity contribution in [1.82, 2.24) is 10.2 Å². The molecule has 2 aliphatic rings. The van der Waals surface area contributed by atoms with Crippen LogP contribution in [0.5, 0.6) is 0 Å². The molecular formula is C21H32N2O2. The number of carbonyl (C=O) groups excluding carboxylic acids is 1. The highest BCUT2D eigenvalue weighted by molar-refractivity contribution is 5.78. The van der Waals surface area contributed by atoms with Crippen molar-refractivity contribution in [2.45, 2.75) is 64.6 Å². The number of hydrogen-bond acceptors (Lipinski definition) is 3. The molecule has 2 saturated heterocycles. The lowest BCUT2D eigenvalue weighted by Gasteiger charge is -2.38. The van der Waals surface area contributed by atoms with Gasteiger partial charge in [0.15, 0.2) is 0 Å². The molecule has 0 unspecified atom stereocenters. The van der Waals surface area contributed by atoms with Crippen molar-refractivity contribution >= 4 is 5.91 Å². The number of carbonyl (C=O) groups is 1. The zero-order valence-electron chi connectivity index (χ0n) is 15.9. The number of benzene rings is 1. The van der Waals surface area contributed by atoms with Crippen LogP contribution >= 0.6 is 0 Å². The largest absolute Gasteiger partial charge is 0.373 e. The molecule has 2 aliphatic heterocycles. The van der Waals surface area contributed by atoms with Crippen LogP contribution in [0.4, 0.5) is 0 Å². The van der Waals surface area contributed by atoms with E-state index >= 15 is 0 Å². The van der Waals surface area contributed by atoms with Crippen LogP contribution in [0.3, 0.4) is 0 Å². The number of nitrogens with one attached hydrogen (secondary N) is 1. The van der Waals surface area contributed by atoms with Crippen LogP contribution in [0.2, 0.25) is 0 Å². The Bertz CT molecular complexity index is 574. The number of nitrogens with zero attached hydrogens (tertiary/aromatic N) is 1. The standard InChI is InChI=1S/C21H32N2O2/c1-4-17-5-7-18(8-6-17)14-23-11-9-21(10-12-23)13-19(15-25-21)22-20(24)16(2)3/h5-8,16,19H,4,9-15H2,1-3H3,(H,22,24)/t19-/m1/s1. The molecule has 0 saturated carbocycles. The van der Waals surface area contributed by atoms with Crippen molar-refractivity contribution < 1.29 is 9.53 Å². The van der Waals surface area contributed by atoms with Gasteiger partial charge in [0.05, 0.1) is 18.2 Å². The fraction of sp³-hybridized carbons (Fsp3) is 0.667. The van der Waals surface area contributed by atoms with Crippen LogP contribution in [-0.4, -0.2) is 42.1 Å². The van der Waals surface area contributed by atoms with Gasteiger partial charge in [0.1, 0.15) is 0 Å². The zero-order valence-corrected chi connectivity index (χ0v) is 15.9. The zero-order chi connectivity index (χ0) is 17.9. The van der Waals surface area contributed by atoms with Gasteiger partial charge in [0.2, 0.25) is 5.91 Å². The molecule has 0 bridgehead atoms. The summed E-state index contributed by atoms with van der Waals surface area (Å²) in [5.41, 5.74) is 2.77. The lowest BCUT2D eigenvalue weighted by Crippen LogP contribution is -2.45. The first kappa shape index (κ1) is 18.4. The minimum absolute atomic E-state index is 0.0164. The highest BCUT2D eigenvalue weighted by atomic mass is 16.5. The fourth-order valence-corrected chi connectivity index (χ4v) is 3.91. The Labute approximate surface area is 151 Å². The van der Waals surface area contributed by atoms with Crippen molar-refractivity contribution in [2.24, 2.45) is 5.92 Å². The molecule has 4 nitrogen and oxygen atoms in total. The normalized spacial score (nSPS) is 23.3. The Hall–Kier alpha value is -1.39. The third kappa shape index (κ3) is 4.62. The maximum atomic E-state index is 11.9. The van der Waals surface area contributed by atoms with Crippen LogP contribution < -0.4 is 5.32 Å². The molecule has 1 amide bonds. The summed E-state index contributed by atoms with van der Waals surface area (Å²) in [6.45, 7) is 9.89. The smallest absolute Gasteiger partial charge is 0.222 e. The molecule has 138 valence electrons. The monoisotopic (exact) mass is 344 g/mol. The van der Waals surface area contributed by atoms with E-state index in [0.717, 1.165) is 45.3 Å². The predicted molar refractivity (Wildman–Crippen MR) is 100 cm³/mol. The van der Waals surface area contributed by atoms with Crippen LogP contribution in [0.1, 0.15) is 51.2 Å². The summed E-state index contributed by atoms with van der Waals surface area (Å²) in [6.07, 6.45) is 4.19. The van der Waals surface area contributed by atoms with Crippen LogP contribution in [0.15, 0.2) is 24.3 Å². The summed E-state index contributed by atoms with van der Waals surface area (Å²) in [7, 11) is 0. The van der Waals surface area contributed by atoms with Crippen molar-refractivity contribution in [1.29, 1.82) is 0 Å². The Morgan fingerprint density at radius 1 is 1.24 bits per heavy atom. The lowest BCUT2D eigenvalue weighted by atomic mass is 9.87. The number of hydrogen-bond donors (Lipinski definition) is 1. The number of likely N-dealkylation sites (tertiary alicyclic amines) is 1. The van der Waals surface area contributed by atoms with Gasteiger partial charge in [0.25, 0.3) is 0 Å². The molecule has 1 N–H and O–H groups in total. The molecule has 1 aromatic carbocycles. The van der Waals surface area contributed by atoms with E-state index in [1.807, 2.05) is 13.8 Å². The van der Waals surface area contributed by atoms with E-state index in [1.54, 1.807) is 0 Å². The third-order valence-electron chi connectivity index (χ3n) is 5.68. The van der Waals surface area contributed by atoms with E-state index in [0.29, 0.717) is 6.61 Å². The quantitative estimate of drug-likeness (QED) is 0.892. The lowest BCUT2D eigenvalue weighted by molar-refractivity contribution is -0.124. The van der Waals surface area contributed by atoms with E-state index < -0.39 is 0 Å². The van der Waals surface area contributed by atoms with Gasteiger partial charge >= 0.3 is 0 Å². The van der Waals surface area contributed by atoms with Gasteiger partial charge in [-0.2, -0.15) is 0 Å². The maximum absolute atomic E-state index is 11.9. The predicted octanol–water partition coefficient (Wildman–Crippen LogP) is 3.14. The van der Waals surface area contributed by atoms with Crippen LogP contribution in [-0.2, 0) is 22.5 Å². The molecular weight excluding hydrogens is 312 g/mol. The second kappa shape index (κ2) is 7.88. The first-order valence-corrected chi connectivity index (χ1v) is 9.74. The van der Waals surface area contributed by atoms with Crippen molar-refractivity contribution in [3.8, 4) is 0 Å². The van der Waals surface area contributed by atoms with Gasteiger partial charge in [-0.15, -0.1) is 0 Å². The average molecular weight is 344 g/mol. The Morgan fingerprint density at radius 3 is 2.48 bits per heavy atom. The molecule has 0 aliphatic carbocycles. The highest BCUT2D eigenvalue weighted by Gasteiger charge is 2.43. The van der Waals surface area contributed by atoms with Gasteiger partial charge in [-0.25, -0.2) is 0 Å². The molecule has 0 radical (unpaired) electrons. The number of piperidine rings is 1. The molecule has 1 aromatic rings. The third-order valence-corrected chi connectivity index (χ3v) is 5.68. The Morgan fingerprint density at radius 2 is 1.88 bits per heavy atom. The second-order valence-electron chi connectivity index (χ2n) is 8.00. The summed E-state index contributed by atoms with van der Waals surface area (Å²) >= 11 is 0. The van der Waals surface area contributed by atoms with E-state index in [1.165, 1.54) is 11.1 Å². The van der Waals surface area contributed by atoms with Gasteiger partial charge in [-0.1, -0.05) is 45.0 Å². The van der Waals surface area contributed by atoms with Crippen LogP contribution in [0.25, 0.3) is 0 Å². The first-order valence-electron chi connectivity index (χ1n) is 9.74. The van der Waals surface area contributed by atoms with E-state index in [-0.39, 0.29) is 23.5 Å². The van der Waals surface area contributed by atoms with Crippen LogP contribution in [0, 0.1) is 5.92 Å². The van der Waals surface area contributed by atoms with Gasteiger partial charge in [-0.05, 0) is 36.8 Å². The molecule has 2 fully saturated rings. The first-order chi connectivity index (χ1) is 12.0. The number of amides is 1. The molecule has 2 heterocycles. The van der Waals surface area contributed by atoms with Crippen molar-refractivity contribution in [2.75, 3.05) is 19.7 Å². The van der Waals surface area contributed by atoms with Gasteiger partial charge in [-0.3, -0.25) is 9.69 Å². The Kier molecular flexibility index (Phi) is 5.80. The molecule has 0 aromatic heterocycles. The minimum atomic E-state index is -0.0164. The number of rotatable bonds is 5. The summed E-state index contributed by atoms with van der Waals surface area (Å²) in [6, 6.07) is 9.17. The minimum Gasteiger partial charge on any atom is -0.373 e. The maximum Gasteiger partial charge on any atom is 0.222 e. The molecule has 4 heteroatoms. The highest BCUT2D eigenvalue weighted by Crippen LogP contribution is 2.36. The van der Waals surface area contributed by atoms with E-state index in [4.69, 9.17) is 4.74 Å². The Balaban J connectivity index is 1.47. The summed E-state index contributed by atoms with van der Waals surface area (Å²) in [4.78, 5) is 14.4. The average Bonchev–Trinajstić information content (AvgIpc) is 3.00. The molecule has 1 atom stereocenters. The van der Waals surface area contributed by atoms with Crippen molar-refractivity contribution in [3.05, 3.63) is 35.4 Å². The van der Waals surface area contributed by atoms with Gasteiger partial charge in [0, 0.05) is 25.6 Å². The van der Waals surface area contributed by atoms with E-state index in [9.17, 15) is 4.79 Å². The summed E-state index contributed by atoms with van der Waals surface area (Å²) in [5.74, 6) is 0.177. The summed E-state index contributed by atoms with van der Waals surface area (Å²) in [5, 5.41) is 3.13. The SMILES string of the molecule is CCc1ccc(CN2CCC3(CC2)C[C@@H](NC(=O)C(C)C)CO3)cc1. The van der Waals surface area contributed by atoms with E-state index in [2.05, 4.69) is 41.4 Å². The molecule has 3 rings (SSSR count). The molecule has 1 spiro atoms. The number of aryl methyl sites for hydroxylation is 1. The second-order valence-corrected chi connectivity index (χ2v) is 8.00. The van der Waals surface area contributed by atoms with Gasteiger partial charge < -0.3 is 10.1 Å². The van der Waals surface area contributed by atoms with Crippen molar-refractivity contribution in [3.63, 3.8) is 0 Å². The topological polar surface area (TPSA) is 41.6 Å². The summed E-state index contributed by atoms with van der Waals surface area (Å²) < 4.78 is 6.16.